The van der Waals surface area contributed by atoms with Crippen molar-refractivity contribution in [3.8, 4) is 0 Å². The molecule has 0 aliphatic heterocycles. The highest BCUT2D eigenvalue weighted by Crippen LogP contribution is 2.17. The first-order valence-corrected chi connectivity index (χ1v) is 8.33. The summed E-state index contributed by atoms with van der Waals surface area (Å²) in [6, 6.07) is 1.20. The topological polar surface area (TPSA) is 12.5 Å². The van der Waals surface area contributed by atoms with Gasteiger partial charge in [0.15, 0.2) is 0 Å². The molecule has 4 heteroatoms. The van der Waals surface area contributed by atoms with Crippen LogP contribution in [0.2, 0.25) is 13.1 Å². The van der Waals surface area contributed by atoms with E-state index >= 15 is 0 Å². The van der Waals surface area contributed by atoms with Gasteiger partial charge in [0, 0.05) is 0 Å². The van der Waals surface area contributed by atoms with Crippen LogP contribution in [0.25, 0.3) is 0 Å². The zero-order valence-corrected chi connectivity index (χ0v) is 12.5. The minimum absolute atomic E-state index is 0.598. The summed E-state index contributed by atoms with van der Waals surface area (Å²) in [5, 5.41) is 0. The second-order valence-electron chi connectivity index (χ2n) is 4.25. The van der Waals surface area contributed by atoms with Gasteiger partial charge in [0.05, 0.1) is 0 Å². The maximum absolute atomic E-state index is 5.73. The lowest BCUT2D eigenvalue weighted by atomic mass is 10.3. The van der Waals surface area contributed by atoms with Gasteiger partial charge in [-0.3, -0.25) is 4.57 Å². The molecule has 0 amide bonds. The van der Waals surface area contributed by atoms with Gasteiger partial charge in [-0.25, -0.2) is 0 Å². The molecule has 0 bridgehead atoms. The van der Waals surface area contributed by atoms with Gasteiger partial charge in [0.1, 0.15) is 10.5 Å². The molecule has 0 aliphatic rings. The normalized spacial score (nSPS) is 13.8. The monoisotopic (exact) mass is 205 g/mol. The summed E-state index contributed by atoms with van der Waals surface area (Å²) in [5.74, 6) is 0. The molecule has 0 aliphatic carbocycles. The zero-order valence-electron chi connectivity index (χ0n) is 9.51. The standard InChI is InChI=1S/C8H23NOSi2/c1-7(2)9(8(3)4)12(5,6)10-11/h7-8H,1-6,11H3. The summed E-state index contributed by atoms with van der Waals surface area (Å²) >= 11 is 0. The predicted octanol–water partition coefficient (Wildman–Crippen LogP) is 1.10. The Hall–Kier alpha value is 0.354. The summed E-state index contributed by atoms with van der Waals surface area (Å²) in [7, 11) is -0.681. The van der Waals surface area contributed by atoms with E-state index in [-0.39, 0.29) is 0 Å². The van der Waals surface area contributed by atoms with Crippen LogP contribution in [0.15, 0.2) is 0 Å². The SMILES string of the molecule is CC(C)N(C(C)C)[Si](C)(C)O[SiH3]. The fourth-order valence-electron chi connectivity index (χ4n) is 1.95. The van der Waals surface area contributed by atoms with Crippen molar-refractivity contribution in [3.05, 3.63) is 0 Å². The molecule has 0 atom stereocenters. The molecule has 74 valence electrons. The molecule has 0 saturated carbocycles. The van der Waals surface area contributed by atoms with Crippen molar-refractivity contribution in [2.75, 3.05) is 0 Å². The summed E-state index contributed by atoms with van der Waals surface area (Å²) in [5.41, 5.74) is 0. The van der Waals surface area contributed by atoms with E-state index in [0.29, 0.717) is 12.1 Å². The molecular formula is C8H23NOSi2. The van der Waals surface area contributed by atoms with Crippen LogP contribution in [0.1, 0.15) is 27.7 Å². The summed E-state index contributed by atoms with van der Waals surface area (Å²) < 4.78 is 8.25. The fraction of sp³-hybridized carbons (Fsp3) is 1.00. The van der Waals surface area contributed by atoms with Crippen LogP contribution in [-0.4, -0.2) is 35.6 Å². The molecule has 0 saturated heterocycles. The molecule has 0 fully saturated rings. The van der Waals surface area contributed by atoms with E-state index in [1.165, 1.54) is 0 Å². The van der Waals surface area contributed by atoms with Crippen LogP contribution in [0.3, 0.4) is 0 Å². The lowest BCUT2D eigenvalue weighted by Crippen LogP contribution is -2.57. The van der Waals surface area contributed by atoms with E-state index in [2.05, 4.69) is 45.4 Å². The molecule has 0 radical (unpaired) electrons. The highest BCUT2D eigenvalue weighted by atomic mass is 28.4. The Morgan fingerprint density at radius 3 is 1.50 bits per heavy atom. The highest BCUT2D eigenvalue weighted by Gasteiger charge is 2.33. The lowest BCUT2D eigenvalue weighted by Gasteiger charge is -2.41. The summed E-state index contributed by atoms with van der Waals surface area (Å²) in [4.78, 5) is 0. The van der Waals surface area contributed by atoms with Gasteiger partial charge < -0.3 is 4.12 Å². The molecular weight excluding hydrogens is 182 g/mol. The average molecular weight is 205 g/mol. The van der Waals surface area contributed by atoms with Gasteiger partial charge in [0.2, 0.25) is 0 Å². The van der Waals surface area contributed by atoms with E-state index in [1.54, 1.807) is 0 Å². The van der Waals surface area contributed by atoms with Crippen LogP contribution < -0.4 is 0 Å². The summed E-state index contributed by atoms with van der Waals surface area (Å²) in [6.45, 7) is 13.5. The first-order chi connectivity index (χ1) is 5.33. The van der Waals surface area contributed by atoms with Gasteiger partial charge in [-0.15, -0.1) is 0 Å². The van der Waals surface area contributed by atoms with Crippen molar-refractivity contribution in [2.24, 2.45) is 0 Å². The molecule has 0 aromatic carbocycles. The molecule has 12 heavy (non-hydrogen) atoms. The molecule has 0 aromatic rings. The molecule has 0 N–H and O–H groups in total. The van der Waals surface area contributed by atoms with Gasteiger partial charge in [-0.1, -0.05) is 27.7 Å². The van der Waals surface area contributed by atoms with Crippen molar-refractivity contribution in [1.82, 2.24) is 4.57 Å². The zero-order chi connectivity index (χ0) is 9.94. The highest BCUT2D eigenvalue weighted by molar-refractivity contribution is 6.71. The van der Waals surface area contributed by atoms with Gasteiger partial charge >= 0.3 is 0 Å². The molecule has 0 spiro atoms. The van der Waals surface area contributed by atoms with Crippen LogP contribution >= 0.6 is 0 Å². The summed E-state index contributed by atoms with van der Waals surface area (Å²) in [6.07, 6.45) is 0. The molecule has 0 aromatic heterocycles. The quantitative estimate of drug-likeness (QED) is 0.638. The Morgan fingerprint density at radius 1 is 1.08 bits per heavy atom. The van der Waals surface area contributed by atoms with Crippen LogP contribution in [0, 0.1) is 0 Å². The van der Waals surface area contributed by atoms with Crippen LogP contribution in [0.5, 0.6) is 0 Å². The largest absolute Gasteiger partial charge is 0.453 e. The van der Waals surface area contributed by atoms with E-state index in [0.717, 1.165) is 10.5 Å². The van der Waals surface area contributed by atoms with Crippen molar-refractivity contribution < 1.29 is 4.12 Å². The fourth-order valence-corrected chi connectivity index (χ4v) is 5.28. The maximum Gasteiger partial charge on any atom is 0.254 e. The Labute approximate surface area is 81.0 Å². The van der Waals surface area contributed by atoms with Crippen LogP contribution in [-0.2, 0) is 4.12 Å². The van der Waals surface area contributed by atoms with Crippen molar-refractivity contribution in [2.45, 2.75) is 52.9 Å². The number of nitrogens with zero attached hydrogens (tertiary/aromatic N) is 1. The maximum atomic E-state index is 5.73. The van der Waals surface area contributed by atoms with E-state index in [9.17, 15) is 0 Å². The minimum atomic E-state index is -1.54. The molecule has 0 heterocycles. The molecule has 0 unspecified atom stereocenters. The Kier molecular flexibility index (Phi) is 4.69. The van der Waals surface area contributed by atoms with Gasteiger partial charge in [0.25, 0.3) is 8.48 Å². The van der Waals surface area contributed by atoms with Gasteiger partial charge in [-0.05, 0) is 25.2 Å². The Morgan fingerprint density at radius 2 is 1.42 bits per heavy atom. The van der Waals surface area contributed by atoms with E-state index in [1.807, 2.05) is 0 Å². The van der Waals surface area contributed by atoms with E-state index in [4.69, 9.17) is 4.12 Å². The Bertz CT molecular complexity index is 129. The number of rotatable bonds is 4. The third-order valence-electron chi connectivity index (χ3n) is 2.23. The number of hydrogen-bond acceptors (Lipinski definition) is 2. The minimum Gasteiger partial charge on any atom is -0.453 e. The second-order valence-corrected chi connectivity index (χ2v) is 9.29. The van der Waals surface area contributed by atoms with Crippen molar-refractivity contribution in [1.29, 1.82) is 0 Å². The third-order valence-corrected chi connectivity index (χ3v) is 8.51. The first-order valence-electron chi connectivity index (χ1n) is 4.66. The van der Waals surface area contributed by atoms with Crippen LogP contribution in [0.4, 0.5) is 0 Å². The number of hydrogen-bond donors (Lipinski definition) is 0. The van der Waals surface area contributed by atoms with Crippen molar-refractivity contribution in [3.63, 3.8) is 0 Å². The molecule has 0 rings (SSSR count). The first kappa shape index (κ1) is 12.4. The predicted molar refractivity (Wildman–Crippen MR) is 60.6 cm³/mol. The van der Waals surface area contributed by atoms with Gasteiger partial charge in [-0.2, -0.15) is 0 Å². The molecule has 2 nitrogen and oxygen atoms in total. The average Bonchev–Trinajstić information content (AvgIpc) is 1.84. The Balaban J connectivity index is 4.50. The smallest absolute Gasteiger partial charge is 0.254 e. The van der Waals surface area contributed by atoms with Crippen molar-refractivity contribution >= 4 is 19.0 Å². The van der Waals surface area contributed by atoms with E-state index < -0.39 is 8.48 Å². The third kappa shape index (κ3) is 3.01. The lowest BCUT2D eigenvalue weighted by molar-refractivity contribution is 0.258. The second kappa shape index (κ2) is 4.55.